The Morgan fingerprint density at radius 2 is 2.24 bits per heavy atom. The van der Waals surface area contributed by atoms with Crippen molar-refractivity contribution in [3.63, 3.8) is 0 Å². The summed E-state index contributed by atoms with van der Waals surface area (Å²) in [6.07, 6.45) is 4.96. The molecule has 17 heavy (non-hydrogen) atoms. The molecule has 0 bridgehead atoms. The van der Waals surface area contributed by atoms with Crippen molar-refractivity contribution in [2.45, 2.75) is 19.4 Å². The van der Waals surface area contributed by atoms with Crippen LogP contribution in [0.2, 0.25) is 0 Å². The predicted molar refractivity (Wildman–Crippen MR) is 67.4 cm³/mol. The summed E-state index contributed by atoms with van der Waals surface area (Å²) in [4.78, 5) is 12.3. The summed E-state index contributed by atoms with van der Waals surface area (Å²) in [5.41, 5.74) is 1.60. The van der Waals surface area contributed by atoms with Gasteiger partial charge in [0.15, 0.2) is 0 Å². The first-order valence-corrected chi connectivity index (χ1v) is 6.01. The summed E-state index contributed by atoms with van der Waals surface area (Å²) in [5, 5.41) is 10.1. The molecule has 0 saturated heterocycles. The third-order valence-electron chi connectivity index (χ3n) is 2.33. The second-order valence-electron chi connectivity index (χ2n) is 3.76. The Morgan fingerprint density at radius 3 is 2.94 bits per heavy atom. The second kappa shape index (κ2) is 5.33. The summed E-state index contributed by atoms with van der Waals surface area (Å²) >= 11 is 3.35. The minimum atomic E-state index is -0.632. The maximum absolute atomic E-state index is 10.1. The molecule has 0 saturated carbocycles. The number of aliphatic hydroxyl groups excluding tert-OH is 1. The lowest BCUT2D eigenvalue weighted by Gasteiger charge is -2.10. The molecule has 4 nitrogen and oxygen atoms in total. The lowest BCUT2D eigenvalue weighted by molar-refractivity contribution is 0.173. The number of rotatable bonds is 3. The van der Waals surface area contributed by atoms with Crippen LogP contribution >= 0.6 is 15.9 Å². The summed E-state index contributed by atoms with van der Waals surface area (Å²) < 4.78 is 0.904. The molecule has 88 valence electrons. The van der Waals surface area contributed by atoms with Crippen molar-refractivity contribution in [3.05, 3.63) is 52.3 Å². The van der Waals surface area contributed by atoms with Gasteiger partial charge >= 0.3 is 0 Å². The molecule has 5 heteroatoms. The molecule has 0 amide bonds. The van der Waals surface area contributed by atoms with E-state index in [2.05, 4.69) is 30.9 Å². The zero-order chi connectivity index (χ0) is 12.3. The van der Waals surface area contributed by atoms with Crippen LogP contribution in [0.25, 0.3) is 0 Å². The smallest absolute Gasteiger partial charge is 0.125 e. The highest BCUT2D eigenvalue weighted by molar-refractivity contribution is 9.10. The molecular weight excluding hydrogens is 282 g/mol. The number of pyridine rings is 1. The molecule has 0 fully saturated rings. The molecule has 0 radical (unpaired) electrons. The van der Waals surface area contributed by atoms with Crippen LogP contribution in [-0.4, -0.2) is 20.1 Å². The zero-order valence-corrected chi connectivity index (χ0v) is 10.9. The van der Waals surface area contributed by atoms with Gasteiger partial charge in [0.05, 0.1) is 5.69 Å². The van der Waals surface area contributed by atoms with Gasteiger partial charge in [0, 0.05) is 29.5 Å². The molecule has 1 N–H and O–H groups in total. The minimum absolute atomic E-state index is 0.489. The van der Waals surface area contributed by atoms with Crippen LogP contribution in [0.15, 0.2) is 35.2 Å². The van der Waals surface area contributed by atoms with Crippen LogP contribution in [0.4, 0.5) is 0 Å². The van der Waals surface area contributed by atoms with Crippen LogP contribution in [0.5, 0.6) is 0 Å². The zero-order valence-electron chi connectivity index (χ0n) is 9.34. The van der Waals surface area contributed by atoms with Crippen molar-refractivity contribution in [2.24, 2.45) is 0 Å². The SMILES string of the molecule is Cc1nccc(C(O)Cc2cncc(Br)c2)n1. The molecule has 2 heterocycles. The summed E-state index contributed by atoms with van der Waals surface area (Å²) in [6.45, 7) is 1.80. The van der Waals surface area contributed by atoms with Gasteiger partial charge in [-0.15, -0.1) is 0 Å². The Morgan fingerprint density at radius 1 is 1.41 bits per heavy atom. The molecule has 2 rings (SSSR count). The van der Waals surface area contributed by atoms with E-state index in [4.69, 9.17) is 0 Å². The van der Waals surface area contributed by atoms with Gasteiger partial charge in [-0.1, -0.05) is 0 Å². The fraction of sp³-hybridized carbons (Fsp3) is 0.250. The highest BCUT2D eigenvalue weighted by Crippen LogP contribution is 2.18. The molecule has 0 spiro atoms. The third-order valence-corrected chi connectivity index (χ3v) is 2.76. The van der Waals surface area contributed by atoms with Crippen molar-refractivity contribution < 1.29 is 5.11 Å². The van der Waals surface area contributed by atoms with E-state index in [1.807, 2.05) is 6.07 Å². The van der Waals surface area contributed by atoms with Crippen LogP contribution in [0.1, 0.15) is 23.2 Å². The van der Waals surface area contributed by atoms with Crippen molar-refractivity contribution in [1.82, 2.24) is 15.0 Å². The van der Waals surface area contributed by atoms with Gasteiger partial charge in [0.2, 0.25) is 0 Å². The highest BCUT2D eigenvalue weighted by Gasteiger charge is 2.10. The van der Waals surface area contributed by atoms with E-state index in [1.54, 1.807) is 31.6 Å². The fourth-order valence-corrected chi connectivity index (χ4v) is 1.97. The number of hydrogen-bond donors (Lipinski definition) is 1. The van der Waals surface area contributed by atoms with Gasteiger partial charge in [-0.25, -0.2) is 9.97 Å². The number of halogens is 1. The van der Waals surface area contributed by atoms with Gasteiger partial charge < -0.3 is 5.11 Å². The first-order valence-electron chi connectivity index (χ1n) is 5.22. The average Bonchev–Trinajstić information content (AvgIpc) is 2.29. The van der Waals surface area contributed by atoms with Crippen molar-refractivity contribution >= 4 is 15.9 Å². The van der Waals surface area contributed by atoms with Gasteiger partial charge in [0.1, 0.15) is 11.9 Å². The average molecular weight is 294 g/mol. The molecular formula is C12H12BrN3O. The molecule has 2 aromatic rings. The maximum Gasteiger partial charge on any atom is 0.125 e. The maximum atomic E-state index is 10.1. The van der Waals surface area contributed by atoms with E-state index in [-0.39, 0.29) is 0 Å². The predicted octanol–water partition coefficient (Wildman–Crippen LogP) is 2.22. The Kier molecular flexibility index (Phi) is 3.81. The Hall–Kier alpha value is -1.33. The molecule has 1 atom stereocenters. The van der Waals surface area contributed by atoms with Crippen molar-refractivity contribution in [3.8, 4) is 0 Å². The van der Waals surface area contributed by atoms with Gasteiger partial charge in [-0.2, -0.15) is 0 Å². The monoisotopic (exact) mass is 293 g/mol. The third kappa shape index (κ3) is 3.31. The number of aryl methyl sites for hydroxylation is 1. The molecule has 0 aromatic carbocycles. The topological polar surface area (TPSA) is 58.9 Å². The number of nitrogens with zero attached hydrogens (tertiary/aromatic N) is 3. The number of hydrogen-bond acceptors (Lipinski definition) is 4. The Bertz CT molecular complexity index is 519. The standard InChI is InChI=1S/C12H12BrN3O/c1-8-15-3-2-11(16-8)12(17)5-9-4-10(13)7-14-6-9/h2-4,6-7,12,17H,5H2,1H3. The molecule has 0 aliphatic rings. The quantitative estimate of drug-likeness (QED) is 0.943. The molecule has 0 aliphatic heterocycles. The molecule has 0 aliphatic carbocycles. The van der Waals surface area contributed by atoms with Crippen LogP contribution in [-0.2, 0) is 6.42 Å². The van der Waals surface area contributed by atoms with Gasteiger partial charge in [-0.3, -0.25) is 4.98 Å². The van der Waals surface area contributed by atoms with Crippen LogP contribution < -0.4 is 0 Å². The van der Waals surface area contributed by atoms with E-state index in [0.717, 1.165) is 10.0 Å². The van der Waals surface area contributed by atoms with E-state index in [0.29, 0.717) is 17.9 Å². The van der Waals surface area contributed by atoms with Crippen molar-refractivity contribution in [1.29, 1.82) is 0 Å². The Labute approximate surface area is 108 Å². The van der Waals surface area contributed by atoms with E-state index in [9.17, 15) is 5.11 Å². The van der Waals surface area contributed by atoms with Crippen molar-refractivity contribution in [2.75, 3.05) is 0 Å². The minimum Gasteiger partial charge on any atom is -0.386 e. The highest BCUT2D eigenvalue weighted by atomic mass is 79.9. The summed E-state index contributed by atoms with van der Waals surface area (Å²) in [5.74, 6) is 0.661. The fourth-order valence-electron chi connectivity index (χ4n) is 1.56. The molecule has 1 unspecified atom stereocenters. The molecule has 2 aromatic heterocycles. The summed E-state index contributed by atoms with van der Waals surface area (Å²) in [6, 6.07) is 3.66. The van der Waals surface area contributed by atoms with E-state index < -0.39 is 6.10 Å². The van der Waals surface area contributed by atoms with Crippen LogP contribution in [0.3, 0.4) is 0 Å². The van der Waals surface area contributed by atoms with Gasteiger partial charge in [-0.05, 0) is 40.5 Å². The summed E-state index contributed by atoms with van der Waals surface area (Å²) in [7, 11) is 0. The first-order chi connectivity index (χ1) is 8.15. The van der Waals surface area contributed by atoms with E-state index >= 15 is 0 Å². The second-order valence-corrected chi connectivity index (χ2v) is 4.68. The number of aliphatic hydroxyl groups is 1. The largest absolute Gasteiger partial charge is 0.386 e. The Balaban J connectivity index is 2.14. The van der Waals surface area contributed by atoms with E-state index in [1.165, 1.54) is 0 Å². The lowest BCUT2D eigenvalue weighted by atomic mass is 10.1. The van der Waals surface area contributed by atoms with Gasteiger partial charge in [0.25, 0.3) is 0 Å². The van der Waals surface area contributed by atoms with Crippen LogP contribution in [0, 0.1) is 6.92 Å². The lowest BCUT2D eigenvalue weighted by Crippen LogP contribution is -2.06. The number of aromatic nitrogens is 3. The normalized spacial score (nSPS) is 12.4. The first kappa shape index (κ1) is 12.1.